The minimum absolute atomic E-state index is 0.110. The van der Waals surface area contributed by atoms with Gasteiger partial charge in [0.05, 0.1) is 0 Å². The first-order valence-electron chi connectivity index (χ1n) is 8.65. The predicted octanol–water partition coefficient (Wildman–Crippen LogP) is 2.63. The molecule has 1 aromatic carbocycles. The monoisotopic (exact) mass is 413 g/mol. The molecule has 1 aliphatic heterocycles. The summed E-state index contributed by atoms with van der Waals surface area (Å²) in [6.07, 6.45) is 1.74. The summed E-state index contributed by atoms with van der Waals surface area (Å²) in [4.78, 5) is 26.3. The third-order valence-electron chi connectivity index (χ3n) is 4.74. The van der Waals surface area contributed by atoms with E-state index >= 15 is 0 Å². The lowest BCUT2D eigenvalue weighted by atomic mass is 10.2. The molecule has 3 aromatic rings. The SMILES string of the molecule is CN1CCN(C(=O)Cn2c(-c3cccc(Br)c3)nc3cccnc32)CC1. The van der Waals surface area contributed by atoms with Crippen LogP contribution in [0.15, 0.2) is 47.1 Å². The fourth-order valence-electron chi connectivity index (χ4n) is 3.25. The van der Waals surface area contributed by atoms with Crippen molar-refractivity contribution < 1.29 is 4.79 Å². The van der Waals surface area contributed by atoms with Crippen LogP contribution in [0.25, 0.3) is 22.6 Å². The summed E-state index contributed by atoms with van der Waals surface area (Å²) in [6, 6.07) is 11.8. The van der Waals surface area contributed by atoms with Gasteiger partial charge in [-0.1, -0.05) is 28.1 Å². The molecule has 7 heteroatoms. The van der Waals surface area contributed by atoms with Crippen molar-refractivity contribution in [2.75, 3.05) is 33.2 Å². The number of benzene rings is 1. The molecule has 0 bridgehead atoms. The third-order valence-corrected chi connectivity index (χ3v) is 5.23. The van der Waals surface area contributed by atoms with Gasteiger partial charge in [0.15, 0.2) is 5.65 Å². The molecule has 0 spiro atoms. The number of piperazine rings is 1. The van der Waals surface area contributed by atoms with Gasteiger partial charge in [-0.15, -0.1) is 0 Å². The van der Waals surface area contributed by atoms with Crippen LogP contribution in [0.4, 0.5) is 0 Å². The number of pyridine rings is 1. The number of hydrogen-bond donors (Lipinski definition) is 0. The molecule has 0 saturated carbocycles. The maximum atomic E-state index is 12.9. The lowest BCUT2D eigenvalue weighted by Crippen LogP contribution is -2.48. The Morgan fingerprint density at radius 2 is 1.96 bits per heavy atom. The van der Waals surface area contributed by atoms with E-state index in [4.69, 9.17) is 4.98 Å². The molecule has 1 aliphatic rings. The van der Waals surface area contributed by atoms with Crippen molar-refractivity contribution >= 4 is 33.0 Å². The Balaban J connectivity index is 1.71. The van der Waals surface area contributed by atoms with Crippen LogP contribution in [0.2, 0.25) is 0 Å². The van der Waals surface area contributed by atoms with Crippen LogP contribution in [-0.2, 0) is 11.3 Å². The molecule has 0 unspecified atom stereocenters. The second-order valence-electron chi connectivity index (χ2n) is 6.56. The summed E-state index contributed by atoms with van der Waals surface area (Å²) in [5.41, 5.74) is 2.50. The van der Waals surface area contributed by atoms with E-state index < -0.39 is 0 Å². The summed E-state index contributed by atoms with van der Waals surface area (Å²) < 4.78 is 2.91. The topological polar surface area (TPSA) is 54.3 Å². The minimum atomic E-state index is 0.110. The molecule has 0 aliphatic carbocycles. The Bertz CT molecular complexity index is 946. The number of amides is 1. The van der Waals surface area contributed by atoms with Gasteiger partial charge in [0, 0.05) is 42.4 Å². The lowest BCUT2D eigenvalue weighted by Gasteiger charge is -2.32. The van der Waals surface area contributed by atoms with E-state index in [1.165, 1.54) is 0 Å². The highest BCUT2D eigenvalue weighted by molar-refractivity contribution is 9.10. The van der Waals surface area contributed by atoms with E-state index in [-0.39, 0.29) is 12.5 Å². The van der Waals surface area contributed by atoms with Gasteiger partial charge < -0.3 is 9.80 Å². The maximum Gasteiger partial charge on any atom is 0.242 e. The molecule has 0 radical (unpaired) electrons. The molecule has 134 valence electrons. The Morgan fingerprint density at radius 3 is 2.73 bits per heavy atom. The highest BCUT2D eigenvalue weighted by atomic mass is 79.9. The number of carbonyl (C=O) groups excluding carboxylic acids is 1. The number of hydrogen-bond acceptors (Lipinski definition) is 4. The van der Waals surface area contributed by atoms with E-state index in [0.29, 0.717) is 0 Å². The Kier molecular flexibility index (Phi) is 4.74. The van der Waals surface area contributed by atoms with Gasteiger partial charge in [-0.2, -0.15) is 0 Å². The highest BCUT2D eigenvalue weighted by Gasteiger charge is 2.22. The number of rotatable bonds is 3. The molecule has 1 saturated heterocycles. The number of halogens is 1. The largest absolute Gasteiger partial charge is 0.339 e. The highest BCUT2D eigenvalue weighted by Crippen LogP contribution is 2.26. The zero-order chi connectivity index (χ0) is 18.1. The quantitative estimate of drug-likeness (QED) is 0.662. The maximum absolute atomic E-state index is 12.9. The number of fused-ring (bicyclic) bond motifs is 1. The average molecular weight is 414 g/mol. The molecular formula is C19H20BrN5O. The van der Waals surface area contributed by atoms with Gasteiger partial charge in [0.1, 0.15) is 17.9 Å². The molecule has 26 heavy (non-hydrogen) atoms. The summed E-state index contributed by atoms with van der Waals surface area (Å²) in [6.45, 7) is 3.60. The molecule has 2 aromatic heterocycles. The van der Waals surface area contributed by atoms with Crippen molar-refractivity contribution in [3.05, 3.63) is 47.1 Å². The van der Waals surface area contributed by atoms with E-state index in [1.807, 2.05) is 45.9 Å². The molecule has 3 heterocycles. The van der Waals surface area contributed by atoms with Crippen molar-refractivity contribution in [1.29, 1.82) is 0 Å². The van der Waals surface area contributed by atoms with Gasteiger partial charge >= 0.3 is 0 Å². The molecular weight excluding hydrogens is 394 g/mol. The zero-order valence-electron chi connectivity index (χ0n) is 14.6. The minimum Gasteiger partial charge on any atom is -0.339 e. The third kappa shape index (κ3) is 3.37. The summed E-state index contributed by atoms with van der Waals surface area (Å²) in [5, 5.41) is 0. The van der Waals surface area contributed by atoms with Crippen LogP contribution in [-0.4, -0.2) is 63.5 Å². The first-order valence-corrected chi connectivity index (χ1v) is 9.44. The van der Waals surface area contributed by atoms with Crippen LogP contribution in [0, 0.1) is 0 Å². The molecule has 4 rings (SSSR count). The number of aromatic nitrogens is 3. The smallest absolute Gasteiger partial charge is 0.242 e. The fraction of sp³-hybridized carbons (Fsp3) is 0.316. The van der Waals surface area contributed by atoms with E-state index in [0.717, 1.165) is 53.2 Å². The second kappa shape index (κ2) is 7.17. The van der Waals surface area contributed by atoms with Crippen LogP contribution >= 0.6 is 15.9 Å². The van der Waals surface area contributed by atoms with Crippen molar-refractivity contribution in [1.82, 2.24) is 24.3 Å². The van der Waals surface area contributed by atoms with Crippen LogP contribution < -0.4 is 0 Å². The van der Waals surface area contributed by atoms with E-state index in [9.17, 15) is 4.79 Å². The summed E-state index contributed by atoms with van der Waals surface area (Å²) in [5.74, 6) is 0.877. The average Bonchev–Trinajstić information content (AvgIpc) is 3.01. The number of carbonyl (C=O) groups is 1. The van der Waals surface area contributed by atoms with Gasteiger partial charge in [-0.3, -0.25) is 9.36 Å². The fourth-order valence-corrected chi connectivity index (χ4v) is 3.65. The standard InChI is InChI=1S/C19H20BrN5O/c1-23-8-10-24(11-9-23)17(26)13-25-18(14-4-2-5-15(20)12-14)22-16-6-3-7-21-19(16)25/h2-7,12H,8-11,13H2,1H3. The summed E-state index contributed by atoms with van der Waals surface area (Å²) in [7, 11) is 2.08. The Hall–Kier alpha value is -2.25. The number of nitrogens with zero attached hydrogens (tertiary/aromatic N) is 5. The number of imidazole rings is 1. The lowest BCUT2D eigenvalue weighted by molar-refractivity contribution is -0.133. The van der Waals surface area contributed by atoms with Crippen LogP contribution in [0.3, 0.4) is 0 Å². The molecule has 1 fully saturated rings. The first-order chi connectivity index (χ1) is 12.6. The van der Waals surface area contributed by atoms with Gasteiger partial charge in [0.2, 0.25) is 5.91 Å². The van der Waals surface area contributed by atoms with Crippen molar-refractivity contribution in [3.63, 3.8) is 0 Å². The van der Waals surface area contributed by atoms with Crippen molar-refractivity contribution in [2.45, 2.75) is 6.54 Å². The van der Waals surface area contributed by atoms with Gasteiger partial charge in [-0.05, 0) is 31.3 Å². The summed E-state index contributed by atoms with van der Waals surface area (Å²) >= 11 is 3.51. The van der Waals surface area contributed by atoms with E-state index in [1.54, 1.807) is 6.20 Å². The Morgan fingerprint density at radius 1 is 1.15 bits per heavy atom. The van der Waals surface area contributed by atoms with Crippen LogP contribution in [0.1, 0.15) is 0 Å². The number of likely N-dealkylation sites (N-methyl/N-ethyl adjacent to an activating group) is 1. The normalized spacial score (nSPS) is 15.5. The van der Waals surface area contributed by atoms with Gasteiger partial charge in [-0.25, -0.2) is 9.97 Å². The van der Waals surface area contributed by atoms with Crippen LogP contribution in [0.5, 0.6) is 0 Å². The molecule has 1 amide bonds. The molecule has 6 nitrogen and oxygen atoms in total. The van der Waals surface area contributed by atoms with Crippen molar-refractivity contribution in [2.24, 2.45) is 0 Å². The van der Waals surface area contributed by atoms with Gasteiger partial charge in [0.25, 0.3) is 0 Å². The predicted molar refractivity (Wildman–Crippen MR) is 105 cm³/mol. The second-order valence-corrected chi connectivity index (χ2v) is 7.48. The zero-order valence-corrected chi connectivity index (χ0v) is 16.2. The van der Waals surface area contributed by atoms with E-state index in [2.05, 4.69) is 32.9 Å². The Labute approximate surface area is 160 Å². The first kappa shape index (κ1) is 17.2. The molecule has 0 atom stereocenters. The molecule has 0 N–H and O–H groups in total. The van der Waals surface area contributed by atoms with Crippen molar-refractivity contribution in [3.8, 4) is 11.4 Å².